The van der Waals surface area contributed by atoms with Gasteiger partial charge in [-0.3, -0.25) is 0 Å². The zero-order valence-corrected chi connectivity index (χ0v) is 19.7. The molecule has 0 atom stereocenters. The quantitative estimate of drug-likeness (QED) is 0.463. The molecule has 0 unspecified atom stereocenters. The second-order valence-electron chi connectivity index (χ2n) is 7.59. The molecule has 0 amide bonds. The highest BCUT2D eigenvalue weighted by molar-refractivity contribution is 7.92. The summed E-state index contributed by atoms with van der Waals surface area (Å²) in [6.45, 7) is 3.34. The van der Waals surface area contributed by atoms with Crippen molar-refractivity contribution in [1.29, 1.82) is 0 Å². The van der Waals surface area contributed by atoms with Crippen LogP contribution in [-0.4, -0.2) is 31.7 Å². The first-order valence-electron chi connectivity index (χ1n) is 9.77. The molecule has 4 nitrogen and oxygen atoms in total. The first kappa shape index (κ1) is 21.6. The molecule has 0 radical (unpaired) electrons. The van der Waals surface area contributed by atoms with Crippen LogP contribution < -0.4 is 4.90 Å². The number of aromatic nitrogens is 1. The maximum absolute atomic E-state index is 12.9. The molecule has 1 aliphatic heterocycles. The predicted molar refractivity (Wildman–Crippen MR) is 125 cm³/mol. The fourth-order valence-electron chi connectivity index (χ4n) is 3.66. The minimum Gasteiger partial charge on any atom is -0.348 e. The molecule has 2 heterocycles. The van der Waals surface area contributed by atoms with Gasteiger partial charge in [-0.2, -0.15) is 0 Å². The summed E-state index contributed by atoms with van der Waals surface area (Å²) in [5, 5.41) is 3.74. The monoisotopic (exact) mass is 480 g/mol. The third-order valence-corrected chi connectivity index (χ3v) is 9.38. The van der Waals surface area contributed by atoms with Crippen LogP contribution in [0.3, 0.4) is 0 Å². The van der Waals surface area contributed by atoms with E-state index in [0.717, 1.165) is 22.0 Å². The van der Waals surface area contributed by atoms with E-state index in [9.17, 15) is 8.42 Å². The van der Waals surface area contributed by atoms with E-state index >= 15 is 0 Å². The molecule has 0 saturated carbocycles. The number of halogens is 2. The number of hydrogen-bond acceptors (Lipinski definition) is 5. The number of benzene rings is 2. The van der Waals surface area contributed by atoms with Gasteiger partial charge in [0.25, 0.3) is 0 Å². The zero-order chi connectivity index (χ0) is 21.3. The van der Waals surface area contributed by atoms with Gasteiger partial charge >= 0.3 is 0 Å². The van der Waals surface area contributed by atoms with Gasteiger partial charge in [-0.15, -0.1) is 11.3 Å². The molecule has 0 bridgehead atoms. The molecular formula is C22H22Cl2N2O2S2. The molecule has 0 spiro atoms. The summed E-state index contributed by atoms with van der Waals surface area (Å²) in [7, 11) is -3.29. The number of anilines is 1. The predicted octanol–water partition coefficient (Wildman–Crippen LogP) is 5.79. The third kappa shape index (κ3) is 4.67. The molecule has 1 aliphatic rings. The fourth-order valence-corrected chi connectivity index (χ4v) is 6.59. The van der Waals surface area contributed by atoms with Gasteiger partial charge in [0.1, 0.15) is 0 Å². The van der Waals surface area contributed by atoms with E-state index in [1.165, 1.54) is 0 Å². The highest BCUT2D eigenvalue weighted by Crippen LogP contribution is 2.30. The number of aryl methyl sites for hydroxylation is 1. The minimum absolute atomic E-state index is 0.341. The molecule has 1 fully saturated rings. The van der Waals surface area contributed by atoms with Crippen LogP contribution in [0.2, 0.25) is 10.0 Å². The van der Waals surface area contributed by atoms with E-state index < -0.39 is 9.84 Å². The smallest absolute Gasteiger partial charge is 0.185 e. The van der Waals surface area contributed by atoms with Crippen molar-refractivity contribution in [3.63, 3.8) is 0 Å². The minimum atomic E-state index is -3.29. The van der Waals surface area contributed by atoms with Crippen molar-refractivity contribution >= 4 is 49.5 Å². The number of hydrogen-bond donors (Lipinski definition) is 0. The Morgan fingerprint density at radius 3 is 2.43 bits per heavy atom. The highest BCUT2D eigenvalue weighted by atomic mass is 35.5. The lowest BCUT2D eigenvalue weighted by atomic mass is 10.1. The molecule has 4 rings (SSSR count). The van der Waals surface area contributed by atoms with Crippen LogP contribution >= 0.6 is 34.5 Å². The zero-order valence-electron chi connectivity index (χ0n) is 16.5. The number of rotatable bonds is 5. The van der Waals surface area contributed by atoms with Crippen molar-refractivity contribution in [3.8, 4) is 0 Å². The van der Waals surface area contributed by atoms with Crippen molar-refractivity contribution in [2.45, 2.75) is 36.3 Å². The Morgan fingerprint density at radius 2 is 1.77 bits per heavy atom. The van der Waals surface area contributed by atoms with Gasteiger partial charge in [0, 0.05) is 24.9 Å². The molecule has 158 valence electrons. The van der Waals surface area contributed by atoms with Crippen molar-refractivity contribution in [2.75, 3.05) is 18.0 Å². The molecule has 1 aromatic heterocycles. The van der Waals surface area contributed by atoms with Gasteiger partial charge in [0.2, 0.25) is 0 Å². The third-order valence-electron chi connectivity index (χ3n) is 5.41. The number of sulfone groups is 1. The van der Waals surface area contributed by atoms with Gasteiger partial charge in [-0.25, -0.2) is 13.4 Å². The van der Waals surface area contributed by atoms with Gasteiger partial charge in [-0.1, -0.05) is 47.0 Å². The van der Waals surface area contributed by atoms with Gasteiger partial charge in [-0.05, 0) is 49.6 Å². The maximum Gasteiger partial charge on any atom is 0.185 e. The number of nitrogens with zero attached hydrogens (tertiary/aromatic N) is 2. The van der Waals surface area contributed by atoms with Gasteiger partial charge in [0.05, 0.1) is 25.9 Å². The Hall–Kier alpha value is -1.60. The van der Waals surface area contributed by atoms with Crippen LogP contribution in [0, 0.1) is 6.92 Å². The van der Waals surface area contributed by atoms with Crippen molar-refractivity contribution < 1.29 is 8.42 Å². The first-order valence-corrected chi connectivity index (χ1v) is 12.9. The fraction of sp³-hybridized carbons (Fsp3) is 0.318. The average molecular weight is 481 g/mol. The summed E-state index contributed by atoms with van der Waals surface area (Å²) in [6.07, 6.45) is 1.90. The lowest BCUT2D eigenvalue weighted by Gasteiger charge is -2.31. The molecule has 0 N–H and O–H groups in total. The van der Waals surface area contributed by atoms with Crippen LogP contribution in [-0.2, 0) is 16.3 Å². The Balaban J connectivity index is 1.40. The molecule has 30 heavy (non-hydrogen) atoms. The molecule has 2 aromatic carbocycles. The molecular weight excluding hydrogens is 459 g/mol. The lowest BCUT2D eigenvalue weighted by molar-refractivity contribution is 0.529. The van der Waals surface area contributed by atoms with Crippen LogP contribution in [0.1, 0.15) is 29.7 Å². The summed E-state index contributed by atoms with van der Waals surface area (Å²) >= 11 is 13.7. The van der Waals surface area contributed by atoms with Gasteiger partial charge < -0.3 is 4.90 Å². The van der Waals surface area contributed by atoms with Crippen molar-refractivity contribution in [1.82, 2.24) is 4.98 Å². The van der Waals surface area contributed by atoms with Crippen LogP contribution in [0.25, 0.3) is 0 Å². The van der Waals surface area contributed by atoms with E-state index in [-0.39, 0.29) is 5.25 Å². The summed E-state index contributed by atoms with van der Waals surface area (Å²) in [4.78, 5) is 7.36. The first-order chi connectivity index (χ1) is 14.3. The van der Waals surface area contributed by atoms with Crippen molar-refractivity contribution in [3.05, 3.63) is 74.7 Å². The Kier molecular flexibility index (Phi) is 6.39. The van der Waals surface area contributed by atoms with Crippen LogP contribution in [0.15, 0.2) is 52.7 Å². The summed E-state index contributed by atoms with van der Waals surface area (Å²) in [5.74, 6) is 0. The second kappa shape index (κ2) is 8.87. The van der Waals surface area contributed by atoms with E-state index in [1.54, 1.807) is 29.5 Å². The summed E-state index contributed by atoms with van der Waals surface area (Å²) in [5.41, 5.74) is 3.09. The Bertz CT molecular complexity index is 1140. The standard InChI is InChI=1S/C22H22Cl2N2O2S2/c1-15-2-5-18(6-3-15)30(27,28)19-8-10-26(11-9-19)22-25-17(14-29-22)12-16-4-7-20(23)21(24)13-16/h2-7,13-14,19H,8-12H2,1H3. The van der Waals surface area contributed by atoms with Crippen molar-refractivity contribution in [2.24, 2.45) is 0 Å². The number of piperidine rings is 1. The van der Waals surface area contributed by atoms with E-state index in [0.29, 0.717) is 47.3 Å². The Morgan fingerprint density at radius 1 is 1.07 bits per heavy atom. The number of thiazole rings is 1. The van der Waals surface area contributed by atoms with Crippen LogP contribution in [0.4, 0.5) is 5.13 Å². The summed E-state index contributed by atoms with van der Waals surface area (Å²) in [6, 6.07) is 12.8. The maximum atomic E-state index is 12.9. The Labute approximate surface area is 191 Å². The summed E-state index contributed by atoms with van der Waals surface area (Å²) < 4.78 is 25.9. The van der Waals surface area contributed by atoms with Crippen LogP contribution in [0.5, 0.6) is 0 Å². The average Bonchev–Trinajstić information content (AvgIpc) is 3.20. The highest BCUT2D eigenvalue weighted by Gasteiger charge is 2.32. The van der Waals surface area contributed by atoms with E-state index in [1.807, 2.05) is 36.6 Å². The second-order valence-corrected chi connectivity index (χ2v) is 11.5. The van der Waals surface area contributed by atoms with E-state index in [2.05, 4.69) is 4.90 Å². The molecule has 0 aliphatic carbocycles. The molecule has 1 saturated heterocycles. The van der Waals surface area contributed by atoms with E-state index in [4.69, 9.17) is 28.2 Å². The lowest BCUT2D eigenvalue weighted by Crippen LogP contribution is -2.39. The molecule has 8 heteroatoms. The van der Waals surface area contributed by atoms with Gasteiger partial charge in [0.15, 0.2) is 15.0 Å². The SMILES string of the molecule is Cc1ccc(S(=O)(=O)C2CCN(c3nc(Cc4ccc(Cl)c(Cl)c4)cs3)CC2)cc1. The normalized spacial score (nSPS) is 15.5. The molecule has 3 aromatic rings. The largest absolute Gasteiger partial charge is 0.348 e. The topological polar surface area (TPSA) is 50.3 Å².